The summed E-state index contributed by atoms with van der Waals surface area (Å²) in [6, 6.07) is 11.5. The lowest BCUT2D eigenvalue weighted by atomic mass is 9.79. The highest BCUT2D eigenvalue weighted by Gasteiger charge is 2.25. The molecule has 3 N–H and O–H groups in total. The van der Waals surface area contributed by atoms with Gasteiger partial charge in [0.15, 0.2) is 0 Å². The van der Waals surface area contributed by atoms with Gasteiger partial charge in [-0.1, -0.05) is 26.0 Å². The van der Waals surface area contributed by atoms with E-state index in [1.807, 2.05) is 39.1 Å². The van der Waals surface area contributed by atoms with E-state index in [9.17, 15) is 4.79 Å². The standard InChI is InChI=1S/C24H31N5O2.C2H6/c1-16-14-19(12-13-27-16)18-10-8-17(9-11-18)15-28-24(30)22(25)23(29-26-2)20-6-4-5-7-21(20)31-3;1-2/h4-7,12-14,17-18,25-26H,8-11,15H2,1-3H3,(H,28,30);1-2H3/b25-22?,29-23-;. The van der Waals surface area contributed by atoms with Crippen molar-refractivity contribution in [1.29, 1.82) is 5.41 Å². The number of pyridine rings is 1. The quantitative estimate of drug-likeness (QED) is 0.408. The van der Waals surface area contributed by atoms with E-state index in [0.29, 0.717) is 29.7 Å². The molecule has 1 amide bonds. The molecule has 7 heteroatoms. The van der Waals surface area contributed by atoms with Crippen molar-refractivity contribution < 1.29 is 9.53 Å². The monoisotopic (exact) mass is 451 g/mol. The first kappa shape index (κ1) is 26.0. The van der Waals surface area contributed by atoms with E-state index in [-0.39, 0.29) is 11.4 Å². The molecule has 0 radical (unpaired) electrons. The van der Waals surface area contributed by atoms with Gasteiger partial charge in [0.2, 0.25) is 0 Å². The largest absolute Gasteiger partial charge is 0.496 e. The van der Waals surface area contributed by atoms with Crippen LogP contribution in [0.2, 0.25) is 0 Å². The molecule has 3 rings (SSSR count). The summed E-state index contributed by atoms with van der Waals surface area (Å²) in [5, 5.41) is 15.5. The van der Waals surface area contributed by atoms with E-state index in [1.54, 1.807) is 26.3 Å². The van der Waals surface area contributed by atoms with Gasteiger partial charge in [0.25, 0.3) is 5.91 Å². The first-order valence-electron chi connectivity index (χ1n) is 11.7. The van der Waals surface area contributed by atoms with Gasteiger partial charge in [0.1, 0.15) is 17.2 Å². The van der Waals surface area contributed by atoms with Crippen LogP contribution < -0.4 is 15.5 Å². The number of nitrogens with zero attached hydrogens (tertiary/aromatic N) is 2. The number of hydrazone groups is 1. The predicted octanol–water partition coefficient (Wildman–Crippen LogP) is 4.46. The predicted molar refractivity (Wildman–Crippen MR) is 134 cm³/mol. The normalized spacial score (nSPS) is 17.9. The van der Waals surface area contributed by atoms with Gasteiger partial charge in [0.05, 0.1) is 7.11 Å². The van der Waals surface area contributed by atoms with Gasteiger partial charge >= 0.3 is 0 Å². The van der Waals surface area contributed by atoms with Crippen molar-refractivity contribution in [3.8, 4) is 5.75 Å². The fraction of sp³-hybridized carbons (Fsp3) is 0.462. The minimum absolute atomic E-state index is 0.181. The summed E-state index contributed by atoms with van der Waals surface area (Å²) in [7, 11) is 3.20. The van der Waals surface area contributed by atoms with Crippen LogP contribution in [0.15, 0.2) is 47.7 Å². The molecule has 178 valence electrons. The number of hydrogen-bond acceptors (Lipinski definition) is 6. The molecule has 33 heavy (non-hydrogen) atoms. The summed E-state index contributed by atoms with van der Waals surface area (Å²) in [5.74, 6) is 1.13. The van der Waals surface area contributed by atoms with Crippen LogP contribution in [-0.2, 0) is 4.79 Å². The number of ether oxygens (including phenoxy) is 1. The number of benzene rings is 1. The minimum atomic E-state index is -0.424. The Balaban J connectivity index is 0.00000187. The lowest BCUT2D eigenvalue weighted by Gasteiger charge is -2.29. The molecule has 1 aliphatic rings. The first-order chi connectivity index (χ1) is 16.0. The molecule has 1 aliphatic carbocycles. The lowest BCUT2D eigenvalue weighted by Crippen LogP contribution is -2.39. The second-order valence-corrected chi connectivity index (χ2v) is 7.92. The average molecular weight is 452 g/mol. The molecule has 1 heterocycles. The van der Waals surface area contributed by atoms with Crippen LogP contribution in [0, 0.1) is 18.3 Å². The Morgan fingerprint density at radius 1 is 1.18 bits per heavy atom. The van der Waals surface area contributed by atoms with Crippen LogP contribution in [0.4, 0.5) is 0 Å². The summed E-state index contributed by atoms with van der Waals surface area (Å²) >= 11 is 0. The Bertz CT molecular complexity index is 949. The van der Waals surface area contributed by atoms with Crippen LogP contribution in [0.25, 0.3) is 0 Å². The van der Waals surface area contributed by atoms with Crippen LogP contribution in [-0.4, -0.2) is 43.0 Å². The maximum Gasteiger partial charge on any atom is 0.271 e. The highest BCUT2D eigenvalue weighted by molar-refractivity contribution is 6.69. The molecule has 0 bridgehead atoms. The number of aromatic nitrogens is 1. The second kappa shape index (κ2) is 13.4. The van der Waals surface area contributed by atoms with Crippen molar-refractivity contribution in [3.63, 3.8) is 0 Å². The maximum absolute atomic E-state index is 12.7. The summed E-state index contributed by atoms with van der Waals surface area (Å²) in [6.45, 7) is 6.60. The number of aryl methyl sites for hydroxylation is 1. The molecule has 1 aromatic carbocycles. The third-order valence-corrected chi connectivity index (χ3v) is 5.84. The number of carbonyl (C=O) groups excluding carboxylic acids is 1. The van der Waals surface area contributed by atoms with Crippen molar-refractivity contribution in [1.82, 2.24) is 15.7 Å². The molecule has 0 spiro atoms. The zero-order chi connectivity index (χ0) is 24.2. The van der Waals surface area contributed by atoms with E-state index in [1.165, 1.54) is 5.56 Å². The lowest BCUT2D eigenvalue weighted by molar-refractivity contribution is -0.114. The summed E-state index contributed by atoms with van der Waals surface area (Å²) in [5.41, 5.74) is 5.79. The summed E-state index contributed by atoms with van der Waals surface area (Å²) < 4.78 is 5.37. The molecule has 1 saturated carbocycles. The van der Waals surface area contributed by atoms with Gasteiger partial charge in [-0.25, -0.2) is 0 Å². The van der Waals surface area contributed by atoms with Crippen molar-refractivity contribution in [3.05, 3.63) is 59.4 Å². The van der Waals surface area contributed by atoms with Gasteiger partial charge in [0, 0.05) is 31.0 Å². The van der Waals surface area contributed by atoms with Crippen LogP contribution in [0.3, 0.4) is 0 Å². The molecule has 0 unspecified atom stereocenters. The molecule has 1 aromatic heterocycles. The molecule has 0 aliphatic heterocycles. The Morgan fingerprint density at radius 2 is 1.88 bits per heavy atom. The molecule has 0 saturated heterocycles. The van der Waals surface area contributed by atoms with Gasteiger partial charge in [-0.2, -0.15) is 5.10 Å². The number of carbonyl (C=O) groups is 1. The zero-order valence-corrected chi connectivity index (χ0v) is 20.4. The molecule has 0 atom stereocenters. The number of amides is 1. The molecule has 2 aromatic rings. The molecule has 1 fully saturated rings. The maximum atomic E-state index is 12.7. The highest BCUT2D eigenvalue weighted by atomic mass is 16.5. The van der Waals surface area contributed by atoms with Crippen LogP contribution in [0.5, 0.6) is 5.75 Å². The minimum Gasteiger partial charge on any atom is -0.496 e. The van der Waals surface area contributed by atoms with E-state index in [2.05, 4.69) is 33.0 Å². The second-order valence-electron chi connectivity index (χ2n) is 7.92. The fourth-order valence-electron chi connectivity index (χ4n) is 4.16. The highest BCUT2D eigenvalue weighted by Crippen LogP contribution is 2.35. The summed E-state index contributed by atoms with van der Waals surface area (Å²) in [4.78, 5) is 17.0. The third-order valence-electron chi connectivity index (χ3n) is 5.84. The molecular formula is C26H37N5O2. The van der Waals surface area contributed by atoms with Crippen molar-refractivity contribution in [2.45, 2.75) is 52.4 Å². The fourth-order valence-corrected chi connectivity index (χ4v) is 4.16. The average Bonchev–Trinajstić information content (AvgIpc) is 2.87. The Kier molecular flexibility index (Phi) is 10.5. The van der Waals surface area contributed by atoms with Gasteiger partial charge < -0.3 is 15.5 Å². The van der Waals surface area contributed by atoms with E-state index in [4.69, 9.17) is 10.1 Å². The third kappa shape index (κ3) is 7.14. The number of rotatable bonds is 8. The van der Waals surface area contributed by atoms with E-state index in [0.717, 1.165) is 31.4 Å². The molecular weight excluding hydrogens is 414 g/mol. The SMILES string of the molecule is CC.CN/N=C(\C(=N)C(=O)NCC1CCC(c2ccnc(C)c2)CC1)c1ccccc1OC. The van der Waals surface area contributed by atoms with Gasteiger partial charge in [-0.3, -0.25) is 15.2 Å². The van der Waals surface area contributed by atoms with Gasteiger partial charge in [-0.05, 0) is 74.3 Å². The van der Waals surface area contributed by atoms with Crippen LogP contribution >= 0.6 is 0 Å². The number of methoxy groups -OCH3 is 1. The number of para-hydroxylation sites is 1. The van der Waals surface area contributed by atoms with E-state index < -0.39 is 5.91 Å². The molecule has 7 nitrogen and oxygen atoms in total. The topological polar surface area (TPSA) is 99.5 Å². The Hall–Kier alpha value is -3.22. The van der Waals surface area contributed by atoms with Crippen molar-refractivity contribution in [2.24, 2.45) is 11.0 Å². The van der Waals surface area contributed by atoms with Crippen molar-refractivity contribution in [2.75, 3.05) is 20.7 Å². The van der Waals surface area contributed by atoms with Crippen LogP contribution in [0.1, 0.15) is 62.3 Å². The zero-order valence-electron chi connectivity index (χ0n) is 20.4. The number of hydrogen-bond donors (Lipinski definition) is 3. The van der Waals surface area contributed by atoms with E-state index >= 15 is 0 Å². The van der Waals surface area contributed by atoms with Crippen molar-refractivity contribution >= 4 is 17.3 Å². The number of nitrogens with one attached hydrogen (secondary N) is 3. The summed E-state index contributed by atoms with van der Waals surface area (Å²) in [6.07, 6.45) is 6.21. The first-order valence-corrected chi connectivity index (χ1v) is 11.7. The van der Waals surface area contributed by atoms with Gasteiger partial charge in [-0.15, -0.1) is 0 Å². The Labute approximate surface area is 197 Å². The Morgan fingerprint density at radius 3 is 2.52 bits per heavy atom. The smallest absolute Gasteiger partial charge is 0.271 e.